The average molecular weight is 338 g/mol. The number of amides is 1. The van der Waals surface area contributed by atoms with Crippen molar-refractivity contribution in [3.05, 3.63) is 65.6 Å². The first kappa shape index (κ1) is 17.5. The van der Waals surface area contributed by atoms with Gasteiger partial charge in [0.15, 0.2) is 0 Å². The van der Waals surface area contributed by atoms with Crippen LogP contribution in [-0.2, 0) is 17.9 Å². The average Bonchev–Trinajstić information content (AvgIpc) is 3.15. The number of furan rings is 1. The Labute approximate surface area is 149 Å². The van der Waals surface area contributed by atoms with Gasteiger partial charge in [0.25, 0.3) is 0 Å². The summed E-state index contributed by atoms with van der Waals surface area (Å²) in [5, 5.41) is 2.89. The number of benzene rings is 1. The number of nitrogens with zero attached hydrogens (tertiary/aromatic N) is 1. The Morgan fingerprint density at radius 2 is 1.92 bits per heavy atom. The zero-order valence-corrected chi connectivity index (χ0v) is 14.8. The summed E-state index contributed by atoms with van der Waals surface area (Å²) in [5.41, 5.74) is 2.44. The summed E-state index contributed by atoms with van der Waals surface area (Å²) in [4.78, 5) is 14.3. The van der Waals surface area contributed by atoms with Crippen molar-refractivity contribution in [1.29, 1.82) is 0 Å². The molecule has 132 valence electrons. The van der Waals surface area contributed by atoms with Crippen LogP contribution in [0.5, 0.6) is 0 Å². The molecule has 1 aromatic heterocycles. The lowest BCUT2D eigenvalue weighted by Crippen LogP contribution is -2.32. The summed E-state index contributed by atoms with van der Waals surface area (Å²) in [6, 6.07) is 12.1. The van der Waals surface area contributed by atoms with Gasteiger partial charge in [-0.1, -0.05) is 31.2 Å². The normalized spacial score (nSPS) is 16.4. The number of likely N-dealkylation sites (tertiary alicyclic amines) is 1. The molecular formula is C21H26N2O2. The second kappa shape index (κ2) is 8.67. The van der Waals surface area contributed by atoms with Crippen molar-refractivity contribution in [2.75, 3.05) is 13.1 Å². The molecule has 1 saturated heterocycles. The number of piperidine rings is 1. The molecule has 0 saturated carbocycles. The third-order valence-electron chi connectivity index (χ3n) is 4.71. The van der Waals surface area contributed by atoms with Crippen LogP contribution in [0.25, 0.3) is 6.08 Å². The fourth-order valence-corrected chi connectivity index (χ4v) is 3.03. The number of hydrogen-bond acceptors (Lipinski definition) is 3. The van der Waals surface area contributed by atoms with Gasteiger partial charge < -0.3 is 9.73 Å². The van der Waals surface area contributed by atoms with Crippen molar-refractivity contribution in [2.24, 2.45) is 5.92 Å². The second-order valence-electron chi connectivity index (χ2n) is 6.84. The summed E-state index contributed by atoms with van der Waals surface area (Å²) in [5.74, 6) is 1.42. The first-order valence-electron chi connectivity index (χ1n) is 8.98. The van der Waals surface area contributed by atoms with E-state index in [1.807, 2.05) is 6.07 Å². The van der Waals surface area contributed by atoms with Crippen LogP contribution in [0, 0.1) is 5.92 Å². The van der Waals surface area contributed by atoms with Gasteiger partial charge in [0, 0.05) is 19.2 Å². The highest BCUT2D eigenvalue weighted by atomic mass is 16.3. The first-order valence-corrected chi connectivity index (χ1v) is 8.98. The smallest absolute Gasteiger partial charge is 0.244 e. The quantitative estimate of drug-likeness (QED) is 0.814. The SMILES string of the molecule is CC1CCN(Cc2ccc(CNC(=O)C=Cc3ccco3)cc2)CC1. The van der Waals surface area contributed by atoms with Crippen LogP contribution in [0.3, 0.4) is 0 Å². The number of carbonyl (C=O) groups is 1. The van der Waals surface area contributed by atoms with Crippen LogP contribution >= 0.6 is 0 Å². The standard InChI is InChI=1S/C21H26N2O2/c1-17-10-12-23(13-11-17)16-19-6-4-18(5-7-19)15-22-21(24)9-8-20-3-2-14-25-20/h2-9,14,17H,10-13,15-16H2,1H3,(H,22,24). The number of nitrogens with one attached hydrogen (secondary N) is 1. The summed E-state index contributed by atoms with van der Waals surface area (Å²) in [7, 11) is 0. The maximum absolute atomic E-state index is 11.8. The predicted octanol–water partition coefficient (Wildman–Crippen LogP) is 3.84. The van der Waals surface area contributed by atoms with Crippen molar-refractivity contribution in [3.63, 3.8) is 0 Å². The predicted molar refractivity (Wildman–Crippen MR) is 99.7 cm³/mol. The van der Waals surface area contributed by atoms with E-state index in [9.17, 15) is 4.79 Å². The second-order valence-corrected chi connectivity index (χ2v) is 6.84. The van der Waals surface area contributed by atoms with Crippen LogP contribution in [0.1, 0.15) is 36.7 Å². The molecule has 0 aliphatic carbocycles. The molecule has 0 atom stereocenters. The van der Waals surface area contributed by atoms with E-state index in [0.717, 1.165) is 18.0 Å². The number of rotatable bonds is 6. The molecule has 1 fully saturated rings. The summed E-state index contributed by atoms with van der Waals surface area (Å²) in [6.45, 7) is 6.28. The zero-order chi connectivity index (χ0) is 17.5. The molecule has 25 heavy (non-hydrogen) atoms. The Morgan fingerprint density at radius 1 is 1.20 bits per heavy atom. The highest BCUT2D eigenvalue weighted by Gasteiger charge is 2.15. The topological polar surface area (TPSA) is 45.5 Å². The molecule has 1 aliphatic rings. The molecule has 1 N–H and O–H groups in total. The third-order valence-corrected chi connectivity index (χ3v) is 4.71. The van der Waals surface area contributed by atoms with Gasteiger partial charge in [0.2, 0.25) is 5.91 Å². The van der Waals surface area contributed by atoms with E-state index in [1.165, 1.54) is 37.6 Å². The van der Waals surface area contributed by atoms with Gasteiger partial charge in [-0.25, -0.2) is 0 Å². The van der Waals surface area contributed by atoms with Crippen LogP contribution < -0.4 is 5.32 Å². The van der Waals surface area contributed by atoms with Gasteiger partial charge >= 0.3 is 0 Å². The fraction of sp³-hybridized carbons (Fsp3) is 0.381. The van der Waals surface area contributed by atoms with E-state index in [-0.39, 0.29) is 5.91 Å². The van der Waals surface area contributed by atoms with E-state index in [2.05, 4.69) is 41.4 Å². The molecule has 4 nitrogen and oxygen atoms in total. The molecule has 1 amide bonds. The lowest BCUT2D eigenvalue weighted by atomic mass is 9.99. The Balaban J connectivity index is 1.43. The lowest BCUT2D eigenvalue weighted by Gasteiger charge is -2.30. The van der Waals surface area contributed by atoms with Crippen LogP contribution in [0.15, 0.2) is 53.2 Å². The Kier molecular flexibility index (Phi) is 6.07. The van der Waals surface area contributed by atoms with Crippen molar-refractivity contribution in [2.45, 2.75) is 32.9 Å². The summed E-state index contributed by atoms with van der Waals surface area (Å²) >= 11 is 0. The Bertz CT molecular complexity index is 681. The Morgan fingerprint density at radius 3 is 2.60 bits per heavy atom. The molecule has 2 aromatic rings. The minimum absolute atomic E-state index is 0.122. The molecule has 0 unspecified atom stereocenters. The molecule has 0 spiro atoms. The van der Waals surface area contributed by atoms with Crippen molar-refractivity contribution in [1.82, 2.24) is 10.2 Å². The van der Waals surface area contributed by atoms with Gasteiger partial charge in [-0.05, 0) is 61.2 Å². The molecule has 4 heteroatoms. The van der Waals surface area contributed by atoms with Gasteiger partial charge in [0.05, 0.1) is 6.26 Å². The van der Waals surface area contributed by atoms with Gasteiger partial charge in [-0.3, -0.25) is 9.69 Å². The highest BCUT2D eigenvalue weighted by molar-refractivity contribution is 5.91. The maximum atomic E-state index is 11.8. The van der Waals surface area contributed by atoms with E-state index in [0.29, 0.717) is 12.3 Å². The lowest BCUT2D eigenvalue weighted by molar-refractivity contribution is -0.116. The molecule has 0 bridgehead atoms. The van der Waals surface area contributed by atoms with Crippen LogP contribution in [0.4, 0.5) is 0 Å². The zero-order valence-electron chi connectivity index (χ0n) is 14.8. The maximum Gasteiger partial charge on any atom is 0.244 e. The minimum atomic E-state index is -0.122. The third kappa shape index (κ3) is 5.61. The Hall–Kier alpha value is -2.33. The first-order chi connectivity index (χ1) is 12.2. The number of hydrogen-bond donors (Lipinski definition) is 1. The van der Waals surface area contributed by atoms with E-state index < -0.39 is 0 Å². The van der Waals surface area contributed by atoms with Crippen molar-refractivity contribution >= 4 is 12.0 Å². The molecule has 2 heterocycles. The molecule has 0 radical (unpaired) electrons. The van der Waals surface area contributed by atoms with Crippen LogP contribution in [0.2, 0.25) is 0 Å². The largest absolute Gasteiger partial charge is 0.465 e. The highest BCUT2D eigenvalue weighted by Crippen LogP contribution is 2.18. The van der Waals surface area contributed by atoms with Crippen molar-refractivity contribution in [3.8, 4) is 0 Å². The summed E-state index contributed by atoms with van der Waals surface area (Å²) < 4.78 is 5.16. The summed E-state index contributed by atoms with van der Waals surface area (Å²) in [6.07, 6.45) is 7.34. The van der Waals surface area contributed by atoms with Crippen LogP contribution in [-0.4, -0.2) is 23.9 Å². The van der Waals surface area contributed by atoms with E-state index in [4.69, 9.17) is 4.42 Å². The van der Waals surface area contributed by atoms with Gasteiger partial charge in [0.1, 0.15) is 5.76 Å². The number of carbonyl (C=O) groups excluding carboxylic acids is 1. The van der Waals surface area contributed by atoms with Gasteiger partial charge in [-0.15, -0.1) is 0 Å². The van der Waals surface area contributed by atoms with E-state index in [1.54, 1.807) is 18.4 Å². The van der Waals surface area contributed by atoms with Gasteiger partial charge in [-0.2, -0.15) is 0 Å². The molecular weight excluding hydrogens is 312 g/mol. The molecule has 1 aliphatic heterocycles. The molecule has 1 aromatic carbocycles. The fourth-order valence-electron chi connectivity index (χ4n) is 3.03. The van der Waals surface area contributed by atoms with E-state index >= 15 is 0 Å². The van der Waals surface area contributed by atoms with Crippen molar-refractivity contribution < 1.29 is 9.21 Å². The molecule has 3 rings (SSSR count). The monoisotopic (exact) mass is 338 g/mol. The minimum Gasteiger partial charge on any atom is -0.465 e.